The second kappa shape index (κ2) is 10.7. The maximum Gasteiger partial charge on any atom is 0.242 e. The molecule has 1 aliphatic rings. The lowest BCUT2D eigenvalue weighted by Gasteiger charge is -2.30. The Hall–Kier alpha value is -1.82. The van der Waals surface area contributed by atoms with Crippen molar-refractivity contribution in [2.75, 3.05) is 0 Å². The largest absolute Gasteiger partial charge is 0.352 e. The summed E-state index contributed by atoms with van der Waals surface area (Å²) in [4.78, 5) is 27.5. The van der Waals surface area contributed by atoms with Gasteiger partial charge in [0.1, 0.15) is 11.9 Å². The Morgan fingerprint density at radius 2 is 1.81 bits per heavy atom. The van der Waals surface area contributed by atoms with Gasteiger partial charge in [0, 0.05) is 23.2 Å². The van der Waals surface area contributed by atoms with Crippen LogP contribution in [0.1, 0.15) is 43.7 Å². The van der Waals surface area contributed by atoms with Crippen molar-refractivity contribution in [2.45, 2.75) is 57.7 Å². The van der Waals surface area contributed by atoms with Crippen LogP contribution in [0.15, 0.2) is 36.4 Å². The molecule has 1 aliphatic carbocycles. The van der Waals surface area contributed by atoms with Crippen LogP contribution in [0.4, 0.5) is 4.39 Å². The lowest BCUT2D eigenvalue weighted by Crippen LogP contribution is -2.50. The molecule has 0 heterocycles. The van der Waals surface area contributed by atoms with Crippen LogP contribution in [0.2, 0.25) is 15.1 Å². The van der Waals surface area contributed by atoms with Crippen molar-refractivity contribution >= 4 is 46.6 Å². The molecule has 0 spiro atoms. The lowest BCUT2D eigenvalue weighted by molar-refractivity contribution is -0.140. The van der Waals surface area contributed by atoms with E-state index in [1.54, 1.807) is 25.1 Å². The molecule has 2 aromatic carbocycles. The molecule has 2 aromatic rings. The van der Waals surface area contributed by atoms with Crippen LogP contribution in [-0.4, -0.2) is 28.8 Å². The molecule has 8 heteroatoms. The van der Waals surface area contributed by atoms with E-state index >= 15 is 0 Å². The number of benzene rings is 2. The Bertz CT molecular complexity index is 944. The summed E-state index contributed by atoms with van der Waals surface area (Å²) in [5, 5.41) is 3.95. The first-order valence-electron chi connectivity index (χ1n) is 10.2. The topological polar surface area (TPSA) is 49.4 Å². The number of hydrogen-bond acceptors (Lipinski definition) is 2. The monoisotopic (exact) mass is 484 g/mol. The third-order valence-electron chi connectivity index (χ3n) is 5.60. The van der Waals surface area contributed by atoms with Crippen LogP contribution >= 0.6 is 34.8 Å². The van der Waals surface area contributed by atoms with Crippen LogP contribution in [0.3, 0.4) is 0 Å². The van der Waals surface area contributed by atoms with Gasteiger partial charge < -0.3 is 10.2 Å². The van der Waals surface area contributed by atoms with Gasteiger partial charge in [0.15, 0.2) is 0 Å². The second-order valence-corrected chi connectivity index (χ2v) is 9.03. The zero-order valence-electron chi connectivity index (χ0n) is 17.1. The Balaban J connectivity index is 1.83. The Morgan fingerprint density at radius 1 is 1.10 bits per heavy atom. The molecule has 0 radical (unpaired) electrons. The first-order chi connectivity index (χ1) is 14.8. The average molecular weight is 486 g/mol. The molecule has 31 heavy (non-hydrogen) atoms. The molecule has 1 saturated carbocycles. The predicted molar refractivity (Wildman–Crippen MR) is 122 cm³/mol. The highest BCUT2D eigenvalue weighted by molar-refractivity contribution is 6.42. The number of nitrogens with zero attached hydrogens (tertiary/aromatic N) is 1. The molecule has 0 aromatic heterocycles. The van der Waals surface area contributed by atoms with E-state index in [-0.39, 0.29) is 35.5 Å². The van der Waals surface area contributed by atoms with Gasteiger partial charge in [0.05, 0.1) is 16.5 Å². The summed E-state index contributed by atoms with van der Waals surface area (Å²) in [6.45, 7) is 1.80. The molecule has 1 atom stereocenters. The molecule has 166 valence electrons. The number of carbonyl (C=O) groups excluding carboxylic acids is 2. The van der Waals surface area contributed by atoms with E-state index in [1.807, 2.05) is 0 Å². The fraction of sp³-hybridized carbons (Fsp3) is 0.391. The van der Waals surface area contributed by atoms with Crippen LogP contribution in [0, 0.1) is 5.82 Å². The molecule has 4 nitrogen and oxygen atoms in total. The normalized spacial score (nSPS) is 15.0. The van der Waals surface area contributed by atoms with Gasteiger partial charge in [-0.15, -0.1) is 0 Å². The summed E-state index contributed by atoms with van der Waals surface area (Å²) >= 11 is 18.2. The molecule has 0 aliphatic heterocycles. The number of halogens is 4. The Morgan fingerprint density at radius 3 is 2.45 bits per heavy atom. The summed E-state index contributed by atoms with van der Waals surface area (Å²) in [5.41, 5.74) is 0.819. The van der Waals surface area contributed by atoms with Gasteiger partial charge in [0.25, 0.3) is 0 Å². The highest BCUT2D eigenvalue weighted by Gasteiger charge is 2.29. The average Bonchev–Trinajstić information content (AvgIpc) is 3.24. The minimum absolute atomic E-state index is 0.108. The van der Waals surface area contributed by atoms with E-state index in [9.17, 15) is 14.0 Å². The van der Waals surface area contributed by atoms with Gasteiger partial charge >= 0.3 is 0 Å². The minimum atomic E-state index is -0.756. The van der Waals surface area contributed by atoms with E-state index in [4.69, 9.17) is 34.8 Å². The van der Waals surface area contributed by atoms with Gasteiger partial charge in [-0.05, 0) is 49.6 Å². The number of nitrogens with one attached hydrogen (secondary N) is 1. The molecule has 1 N–H and O–H groups in total. The van der Waals surface area contributed by atoms with Crippen LogP contribution in [-0.2, 0) is 22.6 Å². The Labute approximate surface area is 196 Å². The molecular formula is C23H24Cl3FN2O2. The van der Waals surface area contributed by atoms with Crippen molar-refractivity contribution in [1.82, 2.24) is 10.2 Å². The molecule has 2 amide bonds. The van der Waals surface area contributed by atoms with Crippen molar-refractivity contribution in [2.24, 2.45) is 0 Å². The van der Waals surface area contributed by atoms with Gasteiger partial charge in [-0.25, -0.2) is 4.39 Å². The number of rotatable bonds is 7. The van der Waals surface area contributed by atoms with Gasteiger partial charge in [0.2, 0.25) is 11.8 Å². The molecule has 3 rings (SSSR count). The summed E-state index contributed by atoms with van der Waals surface area (Å²) in [6, 6.07) is 8.68. The molecular weight excluding hydrogens is 462 g/mol. The summed E-state index contributed by atoms with van der Waals surface area (Å²) in [7, 11) is 0. The maximum atomic E-state index is 14.3. The summed E-state index contributed by atoms with van der Waals surface area (Å²) in [5.74, 6) is -1.20. The van der Waals surface area contributed by atoms with Crippen molar-refractivity contribution in [1.29, 1.82) is 0 Å². The SMILES string of the molecule is CC(C(=O)NC1CCCC1)N(Cc1ccc(Cl)c(Cl)c1)C(=O)Cc1c(F)cccc1Cl. The lowest BCUT2D eigenvalue weighted by atomic mass is 10.1. The molecule has 1 unspecified atom stereocenters. The first-order valence-corrected chi connectivity index (χ1v) is 11.4. The van der Waals surface area contributed by atoms with Crippen molar-refractivity contribution < 1.29 is 14.0 Å². The van der Waals surface area contributed by atoms with Gasteiger partial charge in [-0.2, -0.15) is 0 Å². The van der Waals surface area contributed by atoms with Gasteiger partial charge in [-0.1, -0.05) is 59.8 Å². The summed E-state index contributed by atoms with van der Waals surface area (Å²) in [6.07, 6.45) is 3.77. The fourth-order valence-corrected chi connectivity index (χ4v) is 4.31. The van der Waals surface area contributed by atoms with E-state index in [0.29, 0.717) is 15.6 Å². The standard InChI is InChI=1S/C23H24Cl3FN2O2/c1-14(23(31)28-16-5-2-3-6-16)29(13-15-9-10-19(25)20(26)11-15)22(30)12-17-18(24)7-4-8-21(17)27/h4,7-11,14,16H,2-3,5-6,12-13H2,1H3,(H,28,31). The first kappa shape index (κ1) is 23.8. The molecule has 1 fully saturated rings. The summed E-state index contributed by atoms with van der Waals surface area (Å²) < 4.78 is 14.3. The van der Waals surface area contributed by atoms with E-state index in [1.165, 1.54) is 23.1 Å². The highest BCUT2D eigenvalue weighted by atomic mass is 35.5. The zero-order chi connectivity index (χ0) is 22.5. The third kappa shape index (κ3) is 6.12. The predicted octanol–water partition coefficient (Wildman–Crippen LogP) is 5.80. The van der Waals surface area contributed by atoms with Gasteiger partial charge in [-0.3, -0.25) is 9.59 Å². The highest BCUT2D eigenvalue weighted by Crippen LogP contribution is 2.25. The van der Waals surface area contributed by atoms with E-state index < -0.39 is 17.8 Å². The Kier molecular flexibility index (Phi) is 8.20. The van der Waals surface area contributed by atoms with Crippen LogP contribution in [0.5, 0.6) is 0 Å². The number of carbonyl (C=O) groups is 2. The second-order valence-electron chi connectivity index (χ2n) is 7.81. The van der Waals surface area contributed by atoms with Crippen LogP contribution < -0.4 is 5.32 Å². The number of hydrogen-bond donors (Lipinski definition) is 1. The smallest absolute Gasteiger partial charge is 0.242 e. The quantitative estimate of drug-likeness (QED) is 0.538. The third-order valence-corrected chi connectivity index (χ3v) is 6.69. The van der Waals surface area contributed by atoms with Crippen LogP contribution in [0.25, 0.3) is 0 Å². The van der Waals surface area contributed by atoms with E-state index in [0.717, 1.165) is 25.7 Å². The maximum absolute atomic E-state index is 14.3. The number of amides is 2. The zero-order valence-corrected chi connectivity index (χ0v) is 19.4. The van der Waals surface area contributed by atoms with E-state index in [2.05, 4.69) is 5.32 Å². The minimum Gasteiger partial charge on any atom is -0.352 e. The molecule has 0 saturated heterocycles. The van der Waals surface area contributed by atoms with Crippen molar-refractivity contribution in [3.05, 3.63) is 68.4 Å². The van der Waals surface area contributed by atoms with Crippen molar-refractivity contribution in [3.8, 4) is 0 Å². The van der Waals surface area contributed by atoms with Crippen molar-refractivity contribution in [3.63, 3.8) is 0 Å². The molecule has 0 bridgehead atoms. The fourth-order valence-electron chi connectivity index (χ4n) is 3.76.